The van der Waals surface area contributed by atoms with Crippen molar-refractivity contribution in [3.8, 4) is 12.1 Å². The maximum Gasteiger partial charge on any atom is 0.158 e. The maximum atomic E-state index is 8.73. The summed E-state index contributed by atoms with van der Waals surface area (Å²) in [5.74, 6) is 0.698. The van der Waals surface area contributed by atoms with Crippen LogP contribution in [0.3, 0.4) is 0 Å². The highest BCUT2D eigenvalue weighted by atomic mass is 15.2. The van der Waals surface area contributed by atoms with Gasteiger partial charge in [-0.1, -0.05) is 12.1 Å². The first-order valence-electron chi connectivity index (χ1n) is 5.65. The third-order valence-electron chi connectivity index (χ3n) is 2.65. The Balaban J connectivity index is 2.09. The average Bonchev–Trinajstić information content (AvgIpc) is 2.48. The van der Waals surface area contributed by atoms with E-state index in [0.29, 0.717) is 23.6 Å². The van der Waals surface area contributed by atoms with Gasteiger partial charge in [0.25, 0.3) is 0 Å². The van der Waals surface area contributed by atoms with E-state index in [-0.39, 0.29) is 0 Å². The van der Waals surface area contributed by atoms with Crippen LogP contribution in [-0.2, 0) is 6.54 Å². The Morgan fingerprint density at radius 2 is 1.79 bits per heavy atom. The van der Waals surface area contributed by atoms with Gasteiger partial charge >= 0.3 is 0 Å². The highest BCUT2D eigenvalue weighted by molar-refractivity contribution is 5.39. The Morgan fingerprint density at radius 3 is 2.32 bits per heavy atom. The van der Waals surface area contributed by atoms with Crippen LogP contribution in [0.5, 0.6) is 0 Å². The normalized spacial score (nSPS) is 9.42. The fourth-order valence-corrected chi connectivity index (χ4v) is 1.62. The second kappa shape index (κ2) is 5.61. The average molecular weight is 249 g/mol. The van der Waals surface area contributed by atoms with Crippen molar-refractivity contribution in [3.05, 3.63) is 53.5 Å². The molecule has 0 saturated carbocycles. The van der Waals surface area contributed by atoms with Crippen LogP contribution in [0.1, 0.15) is 16.8 Å². The molecule has 0 fully saturated rings. The van der Waals surface area contributed by atoms with E-state index in [0.717, 1.165) is 5.56 Å². The standard InChI is InChI=1S/C14H11N5/c1-19(14-9-17-13(7-16)8-18-14)10-12-4-2-11(6-15)3-5-12/h2-5,8-9H,10H2,1H3. The summed E-state index contributed by atoms with van der Waals surface area (Å²) < 4.78 is 0. The summed E-state index contributed by atoms with van der Waals surface area (Å²) in [5, 5.41) is 17.4. The highest BCUT2D eigenvalue weighted by Crippen LogP contribution is 2.12. The first-order valence-corrected chi connectivity index (χ1v) is 5.65. The molecule has 0 aliphatic heterocycles. The molecule has 1 aromatic carbocycles. The number of nitrogens with zero attached hydrogens (tertiary/aromatic N) is 5. The van der Waals surface area contributed by atoms with Crippen molar-refractivity contribution < 1.29 is 0 Å². The van der Waals surface area contributed by atoms with Gasteiger partial charge in [0.05, 0.1) is 24.0 Å². The van der Waals surface area contributed by atoms with Crippen molar-refractivity contribution in [2.24, 2.45) is 0 Å². The molecule has 2 aromatic rings. The minimum atomic E-state index is 0.301. The van der Waals surface area contributed by atoms with E-state index in [2.05, 4.69) is 16.0 Å². The third-order valence-corrected chi connectivity index (χ3v) is 2.65. The lowest BCUT2D eigenvalue weighted by molar-refractivity contribution is 0.888. The summed E-state index contributed by atoms with van der Waals surface area (Å²) in [5.41, 5.74) is 2.02. The van der Waals surface area contributed by atoms with Gasteiger partial charge in [-0.25, -0.2) is 9.97 Å². The Bertz CT molecular complexity index is 632. The molecule has 0 bridgehead atoms. The number of hydrogen-bond acceptors (Lipinski definition) is 5. The van der Waals surface area contributed by atoms with Gasteiger partial charge in [-0.05, 0) is 17.7 Å². The van der Waals surface area contributed by atoms with Crippen LogP contribution in [0.4, 0.5) is 5.82 Å². The van der Waals surface area contributed by atoms with Crippen LogP contribution in [0.2, 0.25) is 0 Å². The lowest BCUT2D eigenvalue weighted by atomic mass is 10.1. The number of aromatic nitrogens is 2. The molecule has 0 atom stereocenters. The fourth-order valence-electron chi connectivity index (χ4n) is 1.62. The van der Waals surface area contributed by atoms with Gasteiger partial charge in [-0.3, -0.25) is 0 Å². The largest absolute Gasteiger partial charge is 0.354 e. The fraction of sp³-hybridized carbons (Fsp3) is 0.143. The molecular formula is C14H11N5. The Kier molecular flexibility index (Phi) is 3.70. The summed E-state index contributed by atoms with van der Waals surface area (Å²) >= 11 is 0. The minimum Gasteiger partial charge on any atom is -0.354 e. The SMILES string of the molecule is CN(Cc1ccc(C#N)cc1)c1cnc(C#N)cn1. The van der Waals surface area contributed by atoms with Crippen LogP contribution < -0.4 is 4.90 Å². The van der Waals surface area contributed by atoms with Gasteiger partial charge in [0.15, 0.2) is 5.69 Å². The van der Waals surface area contributed by atoms with Crippen molar-refractivity contribution in [2.45, 2.75) is 6.54 Å². The lowest BCUT2D eigenvalue weighted by Gasteiger charge is -2.17. The van der Waals surface area contributed by atoms with Gasteiger partial charge in [0.2, 0.25) is 0 Å². The first kappa shape index (κ1) is 12.5. The zero-order valence-electron chi connectivity index (χ0n) is 10.4. The molecule has 5 heteroatoms. The molecule has 0 aliphatic rings. The number of rotatable bonds is 3. The smallest absolute Gasteiger partial charge is 0.158 e. The second-order valence-corrected chi connectivity index (χ2v) is 4.04. The maximum absolute atomic E-state index is 8.73. The topological polar surface area (TPSA) is 76.6 Å². The van der Waals surface area contributed by atoms with E-state index in [1.54, 1.807) is 18.3 Å². The van der Waals surface area contributed by atoms with Gasteiger partial charge in [0.1, 0.15) is 11.9 Å². The predicted octanol–water partition coefficient (Wildman–Crippen LogP) is 1.86. The molecule has 92 valence electrons. The molecule has 0 saturated heterocycles. The molecule has 0 amide bonds. The lowest BCUT2D eigenvalue weighted by Crippen LogP contribution is -2.17. The zero-order chi connectivity index (χ0) is 13.7. The van der Waals surface area contributed by atoms with E-state index >= 15 is 0 Å². The number of hydrogen-bond donors (Lipinski definition) is 0. The van der Waals surface area contributed by atoms with Crippen molar-refractivity contribution >= 4 is 5.82 Å². The minimum absolute atomic E-state index is 0.301. The summed E-state index contributed by atoms with van der Waals surface area (Å²) in [4.78, 5) is 10.1. The number of nitriles is 2. The monoisotopic (exact) mass is 249 g/mol. The summed E-state index contributed by atoms with van der Waals surface area (Å²) in [6, 6.07) is 11.4. The molecule has 0 spiro atoms. The number of anilines is 1. The van der Waals surface area contributed by atoms with Gasteiger partial charge in [-0.2, -0.15) is 10.5 Å². The molecule has 0 aliphatic carbocycles. The molecule has 2 rings (SSSR count). The van der Waals surface area contributed by atoms with Crippen LogP contribution >= 0.6 is 0 Å². The molecule has 19 heavy (non-hydrogen) atoms. The molecule has 1 heterocycles. The van der Waals surface area contributed by atoms with Gasteiger partial charge < -0.3 is 4.90 Å². The van der Waals surface area contributed by atoms with Crippen molar-refractivity contribution in [1.29, 1.82) is 10.5 Å². The van der Waals surface area contributed by atoms with Crippen LogP contribution in [0.25, 0.3) is 0 Å². The summed E-state index contributed by atoms with van der Waals surface area (Å²) in [6.07, 6.45) is 3.02. The Morgan fingerprint density at radius 1 is 1.05 bits per heavy atom. The second-order valence-electron chi connectivity index (χ2n) is 4.04. The van der Waals surface area contributed by atoms with E-state index < -0.39 is 0 Å². The third kappa shape index (κ3) is 3.05. The molecular weight excluding hydrogens is 238 g/mol. The molecule has 0 unspecified atom stereocenters. The quantitative estimate of drug-likeness (QED) is 0.829. The zero-order valence-corrected chi connectivity index (χ0v) is 10.4. The molecule has 1 aromatic heterocycles. The van der Waals surface area contributed by atoms with Crippen molar-refractivity contribution in [2.75, 3.05) is 11.9 Å². The highest BCUT2D eigenvalue weighted by Gasteiger charge is 2.04. The Hall–Kier alpha value is -2.92. The van der Waals surface area contributed by atoms with Gasteiger partial charge in [0, 0.05) is 13.6 Å². The van der Waals surface area contributed by atoms with E-state index in [9.17, 15) is 0 Å². The van der Waals surface area contributed by atoms with E-state index in [4.69, 9.17) is 10.5 Å². The van der Waals surface area contributed by atoms with Crippen LogP contribution in [0, 0.1) is 22.7 Å². The molecule has 0 N–H and O–H groups in total. The first-order chi connectivity index (χ1) is 9.22. The summed E-state index contributed by atoms with van der Waals surface area (Å²) in [7, 11) is 1.90. The number of benzene rings is 1. The van der Waals surface area contributed by atoms with Crippen LogP contribution in [0.15, 0.2) is 36.7 Å². The summed E-state index contributed by atoms with van der Waals surface area (Å²) in [6.45, 7) is 0.659. The van der Waals surface area contributed by atoms with E-state index in [1.807, 2.05) is 30.1 Å². The Labute approximate surface area is 111 Å². The predicted molar refractivity (Wildman–Crippen MR) is 70.0 cm³/mol. The van der Waals surface area contributed by atoms with E-state index in [1.165, 1.54) is 6.20 Å². The van der Waals surface area contributed by atoms with Crippen LogP contribution in [-0.4, -0.2) is 17.0 Å². The van der Waals surface area contributed by atoms with Crippen molar-refractivity contribution in [1.82, 2.24) is 9.97 Å². The molecule has 5 nitrogen and oxygen atoms in total. The molecule has 0 radical (unpaired) electrons. The van der Waals surface area contributed by atoms with Gasteiger partial charge in [-0.15, -0.1) is 0 Å². The van der Waals surface area contributed by atoms with Crippen molar-refractivity contribution in [3.63, 3.8) is 0 Å².